The fourth-order valence-corrected chi connectivity index (χ4v) is 1.71. The van der Waals surface area contributed by atoms with E-state index in [4.69, 9.17) is 4.74 Å². The lowest BCUT2D eigenvalue weighted by Crippen LogP contribution is -2.07. The Bertz CT molecular complexity index is 623. The summed E-state index contributed by atoms with van der Waals surface area (Å²) in [6.07, 6.45) is -3.15. The Labute approximate surface area is 107 Å². The third kappa shape index (κ3) is 2.67. The highest BCUT2D eigenvalue weighted by molar-refractivity contribution is 6.03. The van der Waals surface area contributed by atoms with Gasteiger partial charge in [-0.05, 0) is 25.1 Å². The number of hydrogen-bond acceptors (Lipinski definition) is 3. The molecule has 2 aromatic rings. The van der Waals surface area contributed by atoms with Crippen molar-refractivity contribution in [1.29, 1.82) is 0 Å². The fraction of sp³-hybridized carbons (Fsp3) is 0.231. The molecule has 2 rings (SSSR count). The number of hydrogen-bond donors (Lipinski definition) is 0. The number of nitrogens with zero attached hydrogens (tertiary/aromatic N) is 1. The van der Waals surface area contributed by atoms with Crippen molar-refractivity contribution < 1.29 is 22.7 Å². The molecule has 0 radical (unpaired) electrons. The molecule has 0 bridgehead atoms. The van der Waals surface area contributed by atoms with Crippen molar-refractivity contribution in [3.05, 3.63) is 41.6 Å². The topological polar surface area (TPSA) is 39.2 Å². The highest BCUT2D eigenvalue weighted by Gasteiger charge is 2.30. The van der Waals surface area contributed by atoms with Crippen molar-refractivity contribution >= 4 is 16.9 Å². The first-order valence-corrected chi connectivity index (χ1v) is 5.56. The molecule has 19 heavy (non-hydrogen) atoms. The molecule has 1 aromatic heterocycles. The predicted octanol–water partition coefficient (Wildman–Crippen LogP) is 3.43. The van der Waals surface area contributed by atoms with E-state index in [1.165, 1.54) is 18.3 Å². The van der Waals surface area contributed by atoms with Gasteiger partial charge in [0.05, 0.1) is 23.3 Å². The van der Waals surface area contributed by atoms with Crippen LogP contribution in [0.4, 0.5) is 13.2 Å². The normalized spacial score (nSPS) is 11.6. The average Bonchev–Trinajstić information content (AvgIpc) is 2.36. The van der Waals surface area contributed by atoms with Gasteiger partial charge in [0, 0.05) is 11.6 Å². The predicted molar refractivity (Wildman–Crippen MR) is 62.7 cm³/mol. The van der Waals surface area contributed by atoms with E-state index in [9.17, 15) is 18.0 Å². The average molecular weight is 269 g/mol. The molecule has 3 nitrogen and oxygen atoms in total. The van der Waals surface area contributed by atoms with Crippen LogP contribution >= 0.6 is 0 Å². The van der Waals surface area contributed by atoms with Gasteiger partial charge in [-0.2, -0.15) is 13.2 Å². The quantitative estimate of drug-likeness (QED) is 0.784. The Morgan fingerprint density at radius 1 is 1.32 bits per heavy atom. The first-order valence-electron chi connectivity index (χ1n) is 5.56. The van der Waals surface area contributed by atoms with Gasteiger partial charge in [0.15, 0.2) is 0 Å². The minimum absolute atomic E-state index is 0.111. The molecule has 0 amide bonds. The molecule has 1 aromatic carbocycles. The maximum Gasteiger partial charge on any atom is 0.416 e. The standard InChI is InChI=1S/C13H10F3NO2/c1-2-19-12(18)10-5-6-17-11-7-8(13(14,15)16)3-4-9(10)11/h3-7H,2H2,1H3. The number of ether oxygens (including phenoxy) is 1. The summed E-state index contributed by atoms with van der Waals surface area (Å²) < 4.78 is 42.6. The van der Waals surface area contributed by atoms with Gasteiger partial charge in [-0.15, -0.1) is 0 Å². The second kappa shape index (κ2) is 4.87. The van der Waals surface area contributed by atoms with Crippen molar-refractivity contribution in [2.45, 2.75) is 13.1 Å². The van der Waals surface area contributed by atoms with E-state index in [0.717, 1.165) is 12.1 Å². The molecule has 0 aliphatic rings. The smallest absolute Gasteiger partial charge is 0.416 e. The Morgan fingerprint density at radius 2 is 2.05 bits per heavy atom. The number of benzene rings is 1. The van der Waals surface area contributed by atoms with Crippen LogP contribution in [0, 0.1) is 0 Å². The summed E-state index contributed by atoms with van der Waals surface area (Å²) in [4.78, 5) is 15.5. The number of aromatic nitrogens is 1. The van der Waals surface area contributed by atoms with Crippen molar-refractivity contribution in [1.82, 2.24) is 4.98 Å². The van der Waals surface area contributed by atoms with Gasteiger partial charge in [-0.3, -0.25) is 4.98 Å². The van der Waals surface area contributed by atoms with Gasteiger partial charge in [-0.25, -0.2) is 4.79 Å². The monoisotopic (exact) mass is 269 g/mol. The molecule has 0 aliphatic carbocycles. The molecule has 0 saturated heterocycles. The first kappa shape index (κ1) is 13.3. The van der Waals surface area contributed by atoms with Gasteiger partial charge in [0.2, 0.25) is 0 Å². The highest BCUT2D eigenvalue weighted by Crippen LogP contribution is 2.31. The van der Waals surface area contributed by atoms with Gasteiger partial charge in [-0.1, -0.05) is 6.07 Å². The maximum absolute atomic E-state index is 12.6. The molecule has 1 heterocycles. The second-order valence-electron chi connectivity index (χ2n) is 3.81. The van der Waals surface area contributed by atoms with Crippen LogP contribution in [-0.4, -0.2) is 17.6 Å². The van der Waals surface area contributed by atoms with Crippen LogP contribution in [0.15, 0.2) is 30.5 Å². The van der Waals surface area contributed by atoms with E-state index in [1.807, 2.05) is 0 Å². The van der Waals surface area contributed by atoms with Crippen molar-refractivity contribution in [2.75, 3.05) is 6.61 Å². The Kier molecular flexibility index (Phi) is 3.42. The Hall–Kier alpha value is -2.11. The first-order chi connectivity index (χ1) is 8.93. The summed E-state index contributed by atoms with van der Waals surface area (Å²) in [7, 11) is 0. The number of rotatable bonds is 2. The van der Waals surface area contributed by atoms with Crippen molar-refractivity contribution in [3.63, 3.8) is 0 Å². The number of esters is 1. The van der Waals surface area contributed by atoms with Crippen LogP contribution in [0.1, 0.15) is 22.8 Å². The number of alkyl halides is 3. The SMILES string of the molecule is CCOC(=O)c1ccnc2cc(C(F)(F)F)ccc12. The van der Waals surface area contributed by atoms with E-state index in [0.29, 0.717) is 5.39 Å². The molecular formula is C13H10F3NO2. The molecule has 0 unspecified atom stereocenters. The Balaban J connectivity index is 2.56. The number of pyridine rings is 1. The minimum atomic E-state index is -4.43. The summed E-state index contributed by atoms with van der Waals surface area (Å²) in [5.41, 5.74) is -0.477. The van der Waals surface area contributed by atoms with E-state index in [-0.39, 0.29) is 17.7 Å². The number of carbonyl (C=O) groups excluding carboxylic acids is 1. The number of fused-ring (bicyclic) bond motifs is 1. The van der Waals surface area contributed by atoms with Gasteiger partial charge in [0.25, 0.3) is 0 Å². The molecule has 0 atom stereocenters. The molecule has 0 spiro atoms. The van der Waals surface area contributed by atoms with Gasteiger partial charge < -0.3 is 4.74 Å². The van der Waals surface area contributed by atoms with Gasteiger partial charge >= 0.3 is 12.1 Å². The summed E-state index contributed by atoms with van der Waals surface area (Å²) in [6, 6.07) is 4.50. The molecular weight excluding hydrogens is 259 g/mol. The summed E-state index contributed by atoms with van der Waals surface area (Å²) >= 11 is 0. The Morgan fingerprint density at radius 3 is 2.68 bits per heavy atom. The second-order valence-corrected chi connectivity index (χ2v) is 3.81. The molecule has 0 saturated carbocycles. The minimum Gasteiger partial charge on any atom is -0.462 e. The molecule has 0 fully saturated rings. The van der Waals surface area contributed by atoms with Crippen molar-refractivity contribution in [2.24, 2.45) is 0 Å². The fourth-order valence-electron chi connectivity index (χ4n) is 1.71. The highest BCUT2D eigenvalue weighted by atomic mass is 19.4. The lowest BCUT2D eigenvalue weighted by atomic mass is 10.1. The molecule has 100 valence electrons. The molecule has 0 aliphatic heterocycles. The van der Waals surface area contributed by atoms with E-state index < -0.39 is 17.7 Å². The van der Waals surface area contributed by atoms with Crippen LogP contribution in [0.5, 0.6) is 0 Å². The van der Waals surface area contributed by atoms with Crippen LogP contribution in [0.2, 0.25) is 0 Å². The summed E-state index contributed by atoms with van der Waals surface area (Å²) in [6.45, 7) is 1.85. The summed E-state index contributed by atoms with van der Waals surface area (Å²) in [5, 5.41) is 0.342. The third-order valence-corrected chi connectivity index (χ3v) is 2.57. The van der Waals surface area contributed by atoms with E-state index >= 15 is 0 Å². The van der Waals surface area contributed by atoms with E-state index in [2.05, 4.69) is 4.98 Å². The van der Waals surface area contributed by atoms with Crippen molar-refractivity contribution in [3.8, 4) is 0 Å². The van der Waals surface area contributed by atoms with Crippen LogP contribution < -0.4 is 0 Å². The van der Waals surface area contributed by atoms with E-state index in [1.54, 1.807) is 6.92 Å². The van der Waals surface area contributed by atoms with Crippen LogP contribution in [0.3, 0.4) is 0 Å². The lowest BCUT2D eigenvalue weighted by molar-refractivity contribution is -0.137. The third-order valence-electron chi connectivity index (χ3n) is 2.57. The maximum atomic E-state index is 12.6. The molecule has 6 heteroatoms. The van der Waals surface area contributed by atoms with Crippen LogP contribution in [0.25, 0.3) is 10.9 Å². The zero-order valence-corrected chi connectivity index (χ0v) is 9.99. The number of carbonyl (C=O) groups is 1. The molecule has 0 N–H and O–H groups in total. The lowest BCUT2D eigenvalue weighted by Gasteiger charge is -2.09. The van der Waals surface area contributed by atoms with Crippen LogP contribution in [-0.2, 0) is 10.9 Å². The largest absolute Gasteiger partial charge is 0.462 e. The zero-order chi connectivity index (χ0) is 14.0. The zero-order valence-electron chi connectivity index (χ0n) is 9.99. The number of halogens is 3. The summed E-state index contributed by atoms with van der Waals surface area (Å²) in [5.74, 6) is -0.574. The van der Waals surface area contributed by atoms with Gasteiger partial charge in [0.1, 0.15) is 0 Å².